The number of hydrogen-bond acceptors (Lipinski definition) is 3. The topological polar surface area (TPSA) is 43.1 Å². The summed E-state index contributed by atoms with van der Waals surface area (Å²) in [4.78, 5) is 12.0. The lowest BCUT2D eigenvalue weighted by Crippen LogP contribution is -1.99. The number of anilines is 1. The Morgan fingerprint density at radius 1 is 1.58 bits per heavy atom. The molecule has 1 aromatic carbocycles. The average molecular weight is 181 g/mol. The first-order valence-corrected chi connectivity index (χ1v) is 4.21. The molecule has 1 rings (SSSR count). The fraction of sp³-hybridized carbons (Fsp3) is 0.222. The van der Waals surface area contributed by atoms with Crippen molar-refractivity contribution in [3.05, 3.63) is 23.8 Å². The normalized spacial score (nSPS) is 9.83. The third-order valence-electron chi connectivity index (χ3n) is 1.64. The van der Waals surface area contributed by atoms with Crippen LogP contribution in [0.25, 0.3) is 0 Å². The Labute approximate surface area is 77.2 Å². The average Bonchev–Trinajstić information content (AvgIpc) is 2.08. The smallest absolute Gasteiger partial charge is 0.163 e. The summed E-state index contributed by atoms with van der Waals surface area (Å²) in [7, 11) is 0. The van der Waals surface area contributed by atoms with E-state index in [1.54, 1.807) is 18.2 Å². The molecule has 0 aliphatic heterocycles. The molecule has 0 atom stereocenters. The number of thiol groups is 1. The van der Waals surface area contributed by atoms with Gasteiger partial charge in [0.25, 0.3) is 0 Å². The molecule has 0 bridgehead atoms. The van der Waals surface area contributed by atoms with Crippen LogP contribution < -0.4 is 5.73 Å². The van der Waals surface area contributed by atoms with Crippen LogP contribution in [0.5, 0.6) is 0 Å². The number of nitrogens with two attached hydrogens (primary N) is 1. The van der Waals surface area contributed by atoms with Crippen LogP contribution in [0.2, 0.25) is 0 Å². The van der Waals surface area contributed by atoms with Gasteiger partial charge in [-0.1, -0.05) is 6.92 Å². The Morgan fingerprint density at radius 3 is 2.83 bits per heavy atom. The third kappa shape index (κ3) is 1.80. The lowest BCUT2D eigenvalue weighted by Gasteiger charge is -2.02. The molecule has 0 aliphatic rings. The van der Waals surface area contributed by atoms with Crippen molar-refractivity contribution in [3.63, 3.8) is 0 Å². The van der Waals surface area contributed by atoms with E-state index in [0.717, 1.165) is 0 Å². The maximum Gasteiger partial charge on any atom is 0.163 e. The van der Waals surface area contributed by atoms with E-state index < -0.39 is 0 Å². The molecule has 1 aromatic rings. The van der Waals surface area contributed by atoms with Gasteiger partial charge < -0.3 is 5.73 Å². The van der Waals surface area contributed by atoms with E-state index in [4.69, 9.17) is 5.73 Å². The van der Waals surface area contributed by atoms with Crippen LogP contribution in [0.4, 0.5) is 5.69 Å². The van der Waals surface area contributed by atoms with Gasteiger partial charge in [0.2, 0.25) is 0 Å². The predicted molar refractivity (Wildman–Crippen MR) is 52.7 cm³/mol. The monoisotopic (exact) mass is 181 g/mol. The molecule has 0 fully saturated rings. The molecular weight excluding hydrogens is 170 g/mol. The number of rotatable bonds is 2. The molecule has 0 aromatic heterocycles. The van der Waals surface area contributed by atoms with Gasteiger partial charge in [-0.25, -0.2) is 0 Å². The Bertz CT molecular complexity index is 309. The van der Waals surface area contributed by atoms with E-state index in [2.05, 4.69) is 12.6 Å². The standard InChI is InChI=1S/C9H11NOS/c1-2-8(11)7-5-6(10)3-4-9(7)12/h3-5,12H,2,10H2,1H3. The summed E-state index contributed by atoms with van der Waals surface area (Å²) in [5.41, 5.74) is 6.75. The summed E-state index contributed by atoms with van der Waals surface area (Å²) in [5, 5.41) is 0. The summed E-state index contributed by atoms with van der Waals surface area (Å²) < 4.78 is 0. The zero-order valence-electron chi connectivity index (χ0n) is 6.87. The maximum absolute atomic E-state index is 11.3. The minimum absolute atomic E-state index is 0.0762. The van der Waals surface area contributed by atoms with E-state index in [-0.39, 0.29) is 5.78 Å². The second-order valence-electron chi connectivity index (χ2n) is 2.55. The van der Waals surface area contributed by atoms with Gasteiger partial charge in [0, 0.05) is 22.6 Å². The van der Waals surface area contributed by atoms with Crippen molar-refractivity contribution in [2.45, 2.75) is 18.2 Å². The summed E-state index contributed by atoms with van der Waals surface area (Å²) in [6, 6.07) is 5.13. The van der Waals surface area contributed by atoms with Crippen LogP contribution in [-0.4, -0.2) is 5.78 Å². The van der Waals surface area contributed by atoms with Crippen LogP contribution in [-0.2, 0) is 0 Å². The van der Waals surface area contributed by atoms with E-state index in [1.165, 1.54) is 0 Å². The van der Waals surface area contributed by atoms with Gasteiger partial charge in [-0.2, -0.15) is 0 Å². The largest absolute Gasteiger partial charge is 0.399 e. The molecule has 0 spiro atoms. The van der Waals surface area contributed by atoms with Crippen molar-refractivity contribution >= 4 is 24.1 Å². The van der Waals surface area contributed by atoms with Gasteiger partial charge >= 0.3 is 0 Å². The highest BCUT2D eigenvalue weighted by Gasteiger charge is 2.06. The molecule has 0 unspecified atom stereocenters. The number of Topliss-reactive ketones (excluding diaryl/α,β-unsaturated/α-hetero) is 1. The predicted octanol–water partition coefficient (Wildman–Crippen LogP) is 2.15. The summed E-state index contributed by atoms with van der Waals surface area (Å²) >= 11 is 4.16. The van der Waals surface area contributed by atoms with Crippen LogP contribution >= 0.6 is 12.6 Å². The summed E-state index contributed by atoms with van der Waals surface area (Å²) in [6.07, 6.45) is 0.483. The van der Waals surface area contributed by atoms with Crippen LogP contribution in [0, 0.1) is 0 Å². The fourth-order valence-corrected chi connectivity index (χ4v) is 1.23. The number of carbonyl (C=O) groups is 1. The minimum Gasteiger partial charge on any atom is -0.399 e. The molecule has 0 radical (unpaired) electrons. The quantitative estimate of drug-likeness (QED) is 0.417. The third-order valence-corrected chi connectivity index (χ3v) is 2.03. The highest BCUT2D eigenvalue weighted by molar-refractivity contribution is 7.80. The van der Waals surface area contributed by atoms with Crippen molar-refractivity contribution in [2.24, 2.45) is 0 Å². The first-order valence-electron chi connectivity index (χ1n) is 3.77. The van der Waals surface area contributed by atoms with E-state index in [1.807, 2.05) is 6.92 Å². The van der Waals surface area contributed by atoms with Gasteiger partial charge in [-0.15, -0.1) is 12.6 Å². The number of ketones is 1. The van der Waals surface area contributed by atoms with Crippen LogP contribution in [0.1, 0.15) is 23.7 Å². The molecule has 0 heterocycles. The van der Waals surface area contributed by atoms with Crippen molar-refractivity contribution in [2.75, 3.05) is 5.73 Å². The van der Waals surface area contributed by atoms with Crippen molar-refractivity contribution < 1.29 is 4.79 Å². The number of carbonyl (C=O) groups excluding carboxylic acids is 1. The lowest BCUT2D eigenvalue weighted by atomic mass is 10.1. The molecule has 2 N–H and O–H groups in total. The first-order chi connectivity index (χ1) is 5.65. The minimum atomic E-state index is 0.0762. The molecule has 0 aliphatic carbocycles. The number of hydrogen-bond donors (Lipinski definition) is 2. The Kier molecular flexibility index (Phi) is 2.76. The zero-order valence-corrected chi connectivity index (χ0v) is 7.77. The van der Waals surface area contributed by atoms with Crippen molar-refractivity contribution in [3.8, 4) is 0 Å². The SMILES string of the molecule is CCC(=O)c1cc(N)ccc1S. The van der Waals surface area contributed by atoms with E-state index in [9.17, 15) is 4.79 Å². The molecule has 64 valence electrons. The van der Waals surface area contributed by atoms with E-state index in [0.29, 0.717) is 22.6 Å². The van der Waals surface area contributed by atoms with Crippen molar-refractivity contribution in [1.82, 2.24) is 0 Å². The van der Waals surface area contributed by atoms with Gasteiger partial charge in [0.1, 0.15) is 0 Å². The molecule has 3 heteroatoms. The lowest BCUT2D eigenvalue weighted by molar-refractivity contribution is 0.0985. The highest BCUT2D eigenvalue weighted by Crippen LogP contribution is 2.18. The second kappa shape index (κ2) is 3.63. The summed E-state index contributed by atoms with van der Waals surface area (Å²) in [5.74, 6) is 0.0762. The molecule has 0 saturated heterocycles. The maximum atomic E-state index is 11.3. The Balaban J connectivity index is 3.13. The number of nitrogen functional groups attached to an aromatic ring is 1. The van der Waals surface area contributed by atoms with Crippen LogP contribution in [0.15, 0.2) is 23.1 Å². The second-order valence-corrected chi connectivity index (χ2v) is 3.04. The zero-order chi connectivity index (χ0) is 9.14. The molecule has 2 nitrogen and oxygen atoms in total. The summed E-state index contributed by atoms with van der Waals surface area (Å²) in [6.45, 7) is 1.82. The van der Waals surface area contributed by atoms with E-state index >= 15 is 0 Å². The molecular formula is C9H11NOS. The molecule has 12 heavy (non-hydrogen) atoms. The van der Waals surface area contributed by atoms with Crippen molar-refractivity contribution in [1.29, 1.82) is 0 Å². The Morgan fingerprint density at radius 2 is 2.25 bits per heavy atom. The molecule has 0 saturated carbocycles. The van der Waals surface area contributed by atoms with Gasteiger partial charge in [-0.05, 0) is 18.2 Å². The van der Waals surface area contributed by atoms with Gasteiger partial charge in [0.05, 0.1) is 0 Å². The first kappa shape index (κ1) is 9.13. The van der Waals surface area contributed by atoms with Gasteiger partial charge in [0.15, 0.2) is 5.78 Å². The highest BCUT2D eigenvalue weighted by atomic mass is 32.1. The van der Waals surface area contributed by atoms with Gasteiger partial charge in [-0.3, -0.25) is 4.79 Å². The number of benzene rings is 1. The fourth-order valence-electron chi connectivity index (χ4n) is 0.967. The Hall–Kier alpha value is -0.960. The molecule has 0 amide bonds. The van der Waals surface area contributed by atoms with Crippen LogP contribution in [0.3, 0.4) is 0 Å².